The summed E-state index contributed by atoms with van der Waals surface area (Å²) in [5, 5.41) is 0. The quantitative estimate of drug-likeness (QED) is 0.671. The molecule has 0 aliphatic carbocycles. The number of halogens is 2. The van der Waals surface area contributed by atoms with Crippen LogP contribution in [0.1, 0.15) is 39.0 Å². The van der Waals surface area contributed by atoms with Gasteiger partial charge in [-0.05, 0) is 38.5 Å². The lowest BCUT2D eigenvalue weighted by molar-refractivity contribution is 0.0599. The van der Waals surface area contributed by atoms with Crippen LogP contribution in [0.2, 0.25) is 0 Å². The van der Waals surface area contributed by atoms with Gasteiger partial charge in [-0.2, -0.15) is 0 Å². The summed E-state index contributed by atoms with van der Waals surface area (Å²) in [6.07, 6.45) is -0.961. The number of hydrogen-bond donors (Lipinski definition) is 1. The van der Waals surface area contributed by atoms with E-state index >= 15 is 0 Å². The molecule has 2 rings (SSSR count). The van der Waals surface area contributed by atoms with Crippen molar-refractivity contribution < 1.29 is 27.8 Å². The number of carbonyl (C=O) groups excluding carboxylic acids is 2. The number of ether oxygens (including phenoxy) is 2. The Labute approximate surface area is 137 Å². The Hall–Kier alpha value is -2.70. The van der Waals surface area contributed by atoms with Gasteiger partial charge < -0.3 is 14.5 Å². The van der Waals surface area contributed by atoms with Crippen LogP contribution in [0.25, 0.3) is 0 Å². The summed E-state index contributed by atoms with van der Waals surface area (Å²) in [4.78, 5) is 27.1. The molecule has 0 aliphatic rings. The van der Waals surface area contributed by atoms with E-state index in [0.717, 1.165) is 12.1 Å². The topological polar surface area (TPSA) is 68.4 Å². The SMILES string of the molecule is COC(=O)c1c(C)[nH]c(C(=O)[C@@H](C)Oc2ccc(F)c(F)c2)c1C. The Kier molecular flexibility index (Phi) is 5.02. The van der Waals surface area contributed by atoms with Gasteiger partial charge in [-0.15, -0.1) is 0 Å². The summed E-state index contributed by atoms with van der Waals surface area (Å²) in [7, 11) is 1.25. The lowest BCUT2D eigenvalue weighted by atomic mass is 10.1. The van der Waals surface area contributed by atoms with Gasteiger partial charge in [0.05, 0.1) is 18.4 Å². The van der Waals surface area contributed by atoms with Crippen LogP contribution in [-0.2, 0) is 4.74 Å². The molecule has 24 heavy (non-hydrogen) atoms. The molecule has 1 heterocycles. The highest BCUT2D eigenvalue weighted by atomic mass is 19.2. The Morgan fingerprint density at radius 2 is 1.83 bits per heavy atom. The molecule has 1 aromatic heterocycles. The van der Waals surface area contributed by atoms with E-state index in [9.17, 15) is 18.4 Å². The number of methoxy groups -OCH3 is 1. The average molecular weight is 337 g/mol. The number of aromatic nitrogens is 1. The molecule has 1 aromatic carbocycles. The number of nitrogens with one attached hydrogen (secondary N) is 1. The van der Waals surface area contributed by atoms with Gasteiger partial charge in [0.15, 0.2) is 17.7 Å². The van der Waals surface area contributed by atoms with E-state index in [4.69, 9.17) is 9.47 Å². The maximum Gasteiger partial charge on any atom is 0.339 e. The molecule has 0 fully saturated rings. The molecule has 128 valence electrons. The van der Waals surface area contributed by atoms with Crippen LogP contribution in [0, 0.1) is 25.5 Å². The summed E-state index contributed by atoms with van der Waals surface area (Å²) >= 11 is 0. The zero-order valence-electron chi connectivity index (χ0n) is 13.7. The molecule has 0 amide bonds. The number of hydrogen-bond acceptors (Lipinski definition) is 4. The standard InChI is InChI=1S/C17H17F2NO4/c1-8-14(17(22)23-4)9(2)20-15(8)16(21)10(3)24-11-5-6-12(18)13(19)7-11/h5-7,10,20H,1-4H3/t10-/m1/s1. The number of rotatable bonds is 5. The third-order valence-corrected chi connectivity index (χ3v) is 3.65. The van der Waals surface area contributed by atoms with E-state index in [1.54, 1.807) is 13.8 Å². The Morgan fingerprint density at radius 1 is 1.17 bits per heavy atom. The smallest absolute Gasteiger partial charge is 0.339 e. The lowest BCUT2D eigenvalue weighted by Gasteiger charge is -2.13. The van der Waals surface area contributed by atoms with Crippen molar-refractivity contribution in [1.29, 1.82) is 0 Å². The van der Waals surface area contributed by atoms with Gasteiger partial charge in [-0.1, -0.05) is 0 Å². The highest BCUT2D eigenvalue weighted by Gasteiger charge is 2.26. The highest BCUT2D eigenvalue weighted by Crippen LogP contribution is 2.22. The minimum atomic E-state index is -1.06. The number of benzene rings is 1. The molecule has 0 saturated carbocycles. The molecule has 0 unspecified atom stereocenters. The van der Waals surface area contributed by atoms with Gasteiger partial charge in [0.1, 0.15) is 5.75 Å². The fourth-order valence-corrected chi connectivity index (χ4v) is 2.42. The molecule has 0 spiro atoms. The molecular weight excluding hydrogens is 320 g/mol. The van der Waals surface area contributed by atoms with Crippen molar-refractivity contribution in [2.75, 3.05) is 7.11 Å². The minimum Gasteiger partial charge on any atom is -0.482 e. The number of ketones is 1. The summed E-state index contributed by atoms with van der Waals surface area (Å²) in [5.74, 6) is -3.00. The van der Waals surface area contributed by atoms with Crippen LogP contribution < -0.4 is 4.74 Å². The van der Waals surface area contributed by atoms with Crippen molar-refractivity contribution in [1.82, 2.24) is 4.98 Å². The van der Waals surface area contributed by atoms with Crippen molar-refractivity contribution in [3.63, 3.8) is 0 Å². The molecule has 1 N–H and O–H groups in total. The van der Waals surface area contributed by atoms with Crippen molar-refractivity contribution >= 4 is 11.8 Å². The van der Waals surface area contributed by atoms with Gasteiger partial charge in [0.2, 0.25) is 5.78 Å². The number of aryl methyl sites for hydroxylation is 1. The average Bonchev–Trinajstić information content (AvgIpc) is 2.84. The van der Waals surface area contributed by atoms with Gasteiger partial charge in [0.25, 0.3) is 0 Å². The second-order valence-electron chi connectivity index (χ2n) is 5.32. The number of carbonyl (C=O) groups is 2. The van der Waals surface area contributed by atoms with E-state index in [2.05, 4.69) is 4.98 Å². The van der Waals surface area contributed by atoms with E-state index in [1.807, 2.05) is 0 Å². The fraction of sp³-hybridized carbons (Fsp3) is 0.294. The predicted molar refractivity (Wildman–Crippen MR) is 82.4 cm³/mol. The zero-order chi connectivity index (χ0) is 18.0. The molecule has 5 nitrogen and oxygen atoms in total. The summed E-state index contributed by atoms with van der Waals surface area (Å²) in [5.41, 5.74) is 1.46. The summed E-state index contributed by atoms with van der Waals surface area (Å²) in [6, 6.07) is 3.02. The van der Waals surface area contributed by atoms with Crippen molar-refractivity contribution in [3.8, 4) is 5.75 Å². The van der Waals surface area contributed by atoms with E-state index in [0.29, 0.717) is 16.8 Å². The largest absolute Gasteiger partial charge is 0.482 e. The maximum atomic E-state index is 13.2. The first-order chi connectivity index (χ1) is 11.3. The van der Waals surface area contributed by atoms with Gasteiger partial charge >= 0.3 is 5.97 Å². The Balaban J connectivity index is 2.25. The molecule has 7 heteroatoms. The molecule has 2 aromatic rings. The molecular formula is C17H17F2NO4. The van der Waals surface area contributed by atoms with E-state index < -0.39 is 29.5 Å². The van der Waals surface area contributed by atoms with Crippen LogP contribution in [-0.4, -0.2) is 30.0 Å². The number of Topliss-reactive ketones (excluding diaryl/α,β-unsaturated/α-hetero) is 1. The minimum absolute atomic E-state index is 0.0314. The third kappa shape index (κ3) is 3.29. The molecule has 0 saturated heterocycles. The number of aromatic amines is 1. The van der Waals surface area contributed by atoms with Gasteiger partial charge in [-0.3, -0.25) is 4.79 Å². The van der Waals surface area contributed by atoms with Crippen LogP contribution in [0.4, 0.5) is 8.78 Å². The van der Waals surface area contributed by atoms with Gasteiger partial charge in [0, 0.05) is 11.8 Å². The molecule has 0 bridgehead atoms. The monoisotopic (exact) mass is 337 g/mol. The summed E-state index contributed by atoms with van der Waals surface area (Å²) in [6.45, 7) is 4.75. The number of esters is 1. The summed E-state index contributed by atoms with van der Waals surface area (Å²) < 4.78 is 36.2. The van der Waals surface area contributed by atoms with Gasteiger partial charge in [-0.25, -0.2) is 13.6 Å². The van der Waals surface area contributed by atoms with E-state index in [1.165, 1.54) is 20.1 Å². The molecule has 0 aliphatic heterocycles. The van der Waals surface area contributed by atoms with Crippen molar-refractivity contribution in [3.05, 3.63) is 52.3 Å². The fourth-order valence-electron chi connectivity index (χ4n) is 2.42. The third-order valence-electron chi connectivity index (χ3n) is 3.65. The first-order valence-corrected chi connectivity index (χ1v) is 7.19. The highest BCUT2D eigenvalue weighted by molar-refractivity contribution is 6.03. The normalized spacial score (nSPS) is 11.9. The first-order valence-electron chi connectivity index (χ1n) is 7.19. The van der Waals surface area contributed by atoms with Crippen molar-refractivity contribution in [2.24, 2.45) is 0 Å². The molecule has 1 atom stereocenters. The van der Waals surface area contributed by atoms with Crippen LogP contribution in [0.5, 0.6) is 5.75 Å². The van der Waals surface area contributed by atoms with Crippen LogP contribution in [0.3, 0.4) is 0 Å². The first kappa shape index (κ1) is 17.7. The van der Waals surface area contributed by atoms with Crippen LogP contribution in [0.15, 0.2) is 18.2 Å². The maximum absolute atomic E-state index is 13.2. The van der Waals surface area contributed by atoms with E-state index in [-0.39, 0.29) is 11.4 Å². The zero-order valence-corrected chi connectivity index (χ0v) is 13.7. The molecule has 0 radical (unpaired) electrons. The van der Waals surface area contributed by atoms with Crippen molar-refractivity contribution in [2.45, 2.75) is 26.9 Å². The predicted octanol–water partition coefficient (Wildman–Crippen LogP) is 3.35. The second-order valence-corrected chi connectivity index (χ2v) is 5.32. The van der Waals surface area contributed by atoms with Crippen LogP contribution >= 0.6 is 0 Å². The Morgan fingerprint density at radius 3 is 2.42 bits per heavy atom. The Bertz CT molecular complexity index is 798. The lowest BCUT2D eigenvalue weighted by Crippen LogP contribution is -2.25. The number of H-pyrrole nitrogens is 1. The second kappa shape index (κ2) is 6.82.